The van der Waals surface area contributed by atoms with Gasteiger partial charge in [0.05, 0.1) is 18.7 Å². The van der Waals surface area contributed by atoms with Gasteiger partial charge in [0.2, 0.25) is 5.91 Å². The van der Waals surface area contributed by atoms with Gasteiger partial charge in [-0.2, -0.15) is 16.8 Å². The Balaban J connectivity index is 1.16. The number of aliphatic hydroxyl groups is 1. The lowest BCUT2D eigenvalue weighted by Gasteiger charge is -2.21. The quantitative estimate of drug-likeness (QED) is 0.176. The molecule has 3 amide bonds. The maximum absolute atomic E-state index is 12.0. The Kier molecular flexibility index (Phi) is 9.89. The SMILES string of the molecule is O=CC(CCCCNC(=O)CCCCC1SC[C@@H]2NC(=O)N[C@H]12)CON1CCCC1O. The maximum atomic E-state index is 12.0. The molecule has 0 aromatic heterocycles. The minimum absolute atomic E-state index is 0.0583. The van der Waals surface area contributed by atoms with E-state index < -0.39 is 6.23 Å². The van der Waals surface area contributed by atoms with E-state index in [4.69, 9.17) is 4.84 Å². The normalized spacial score (nSPS) is 28.7. The number of rotatable bonds is 14. The third kappa shape index (κ3) is 7.62. The van der Waals surface area contributed by atoms with Crippen molar-refractivity contribution in [3.05, 3.63) is 0 Å². The summed E-state index contributed by atoms with van der Waals surface area (Å²) >= 11 is 1.90. The second kappa shape index (κ2) is 12.6. The number of carbonyl (C=O) groups is 3. The molecule has 0 bridgehead atoms. The van der Waals surface area contributed by atoms with Crippen LogP contribution in [0, 0.1) is 5.92 Å². The van der Waals surface area contributed by atoms with Gasteiger partial charge in [-0.05, 0) is 38.5 Å². The van der Waals surface area contributed by atoms with Gasteiger partial charge in [-0.25, -0.2) is 4.79 Å². The summed E-state index contributed by atoms with van der Waals surface area (Å²) in [6, 6.07) is 0.423. The van der Waals surface area contributed by atoms with Gasteiger partial charge in [0.1, 0.15) is 12.5 Å². The van der Waals surface area contributed by atoms with Crippen LogP contribution < -0.4 is 16.0 Å². The number of carbonyl (C=O) groups excluding carboxylic acids is 3. The van der Waals surface area contributed by atoms with Crippen LogP contribution in [-0.2, 0) is 14.4 Å². The van der Waals surface area contributed by atoms with Gasteiger partial charge < -0.3 is 25.9 Å². The van der Waals surface area contributed by atoms with Crippen LogP contribution in [-0.4, -0.2) is 77.4 Å². The average molecular weight is 457 g/mol. The van der Waals surface area contributed by atoms with Crippen molar-refractivity contribution in [1.82, 2.24) is 21.0 Å². The van der Waals surface area contributed by atoms with Gasteiger partial charge in [-0.1, -0.05) is 12.8 Å². The number of hydrogen-bond donors (Lipinski definition) is 4. The number of unbranched alkanes of at least 4 members (excludes halogenated alkanes) is 2. The molecular formula is C21H36N4O5S. The van der Waals surface area contributed by atoms with Crippen molar-refractivity contribution in [3.63, 3.8) is 0 Å². The van der Waals surface area contributed by atoms with Crippen LogP contribution in [0.4, 0.5) is 4.79 Å². The van der Waals surface area contributed by atoms with Gasteiger partial charge in [0.25, 0.3) is 0 Å². The van der Waals surface area contributed by atoms with Gasteiger partial charge in [0.15, 0.2) is 0 Å². The van der Waals surface area contributed by atoms with Gasteiger partial charge in [-0.3, -0.25) is 9.63 Å². The predicted octanol–water partition coefficient (Wildman–Crippen LogP) is 1.16. The van der Waals surface area contributed by atoms with Crippen LogP contribution in [0.15, 0.2) is 0 Å². The van der Waals surface area contributed by atoms with Crippen molar-refractivity contribution in [3.8, 4) is 0 Å². The molecule has 0 aromatic carbocycles. The Morgan fingerprint density at radius 3 is 2.97 bits per heavy atom. The molecule has 4 N–H and O–H groups in total. The molecule has 0 radical (unpaired) electrons. The predicted molar refractivity (Wildman–Crippen MR) is 118 cm³/mol. The van der Waals surface area contributed by atoms with E-state index in [1.807, 2.05) is 11.8 Å². The number of fused-ring (bicyclic) bond motifs is 1. The number of aldehydes is 1. The summed E-state index contributed by atoms with van der Waals surface area (Å²) in [7, 11) is 0. The molecule has 0 aromatic rings. The molecule has 3 fully saturated rings. The monoisotopic (exact) mass is 456 g/mol. The van der Waals surface area contributed by atoms with Crippen molar-refractivity contribution < 1.29 is 24.3 Å². The number of hydrogen-bond acceptors (Lipinski definition) is 7. The third-order valence-electron chi connectivity index (χ3n) is 6.22. The van der Waals surface area contributed by atoms with Gasteiger partial charge >= 0.3 is 6.03 Å². The highest BCUT2D eigenvalue weighted by Crippen LogP contribution is 2.33. The molecule has 10 heteroatoms. The van der Waals surface area contributed by atoms with Crippen LogP contribution in [0.3, 0.4) is 0 Å². The van der Waals surface area contributed by atoms with E-state index in [9.17, 15) is 19.5 Å². The van der Waals surface area contributed by atoms with Crippen LogP contribution in [0.2, 0.25) is 0 Å². The summed E-state index contributed by atoms with van der Waals surface area (Å²) in [5.41, 5.74) is 0. The van der Waals surface area contributed by atoms with Gasteiger partial charge in [-0.15, -0.1) is 0 Å². The number of nitrogens with zero attached hydrogens (tertiary/aromatic N) is 1. The van der Waals surface area contributed by atoms with Crippen LogP contribution in [0.5, 0.6) is 0 Å². The average Bonchev–Trinajstić information content (AvgIpc) is 3.43. The van der Waals surface area contributed by atoms with E-state index >= 15 is 0 Å². The highest BCUT2D eigenvalue weighted by Gasteiger charge is 2.42. The topological polar surface area (TPSA) is 120 Å². The van der Waals surface area contributed by atoms with E-state index in [1.54, 1.807) is 5.06 Å². The highest BCUT2D eigenvalue weighted by atomic mass is 32.2. The zero-order valence-electron chi connectivity index (χ0n) is 18.1. The summed E-state index contributed by atoms with van der Waals surface area (Å²) < 4.78 is 0. The number of nitrogens with one attached hydrogen (secondary N) is 3. The Labute approximate surface area is 188 Å². The second-order valence-corrected chi connectivity index (χ2v) is 9.94. The molecule has 3 aliphatic heterocycles. The summed E-state index contributed by atoms with van der Waals surface area (Å²) in [6.45, 7) is 1.62. The van der Waals surface area contributed by atoms with E-state index in [-0.39, 0.29) is 29.9 Å². The standard InChI is InChI=1S/C21H36N4O5S/c26-12-15(13-30-25-11-5-9-19(25)28)6-3-4-10-22-18(27)8-2-1-7-17-20-16(14-31-17)23-21(29)24-20/h12,15-17,19-20,28H,1-11,13-14H2,(H,22,27)(H2,23,24,29)/t15?,16-,17?,19?,20-/m0/s1. The highest BCUT2D eigenvalue weighted by molar-refractivity contribution is 8.00. The minimum atomic E-state index is -0.558. The molecule has 176 valence electrons. The van der Waals surface area contributed by atoms with Crippen molar-refractivity contribution in [2.45, 2.75) is 81.3 Å². The number of urea groups is 1. The largest absolute Gasteiger partial charge is 0.376 e. The molecule has 0 aliphatic carbocycles. The second-order valence-electron chi connectivity index (χ2n) is 8.67. The smallest absolute Gasteiger partial charge is 0.315 e. The first-order chi connectivity index (χ1) is 15.1. The molecule has 3 unspecified atom stereocenters. The maximum Gasteiger partial charge on any atom is 0.315 e. The zero-order valence-corrected chi connectivity index (χ0v) is 18.9. The van der Waals surface area contributed by atoms with Crippen molar-refractivity contribution in [2.24, 2.45) is 5.92 Å². The van der Waals surface area contributed by atoms with E-state index in [2.05, 4.69) is 16.0 Å². The van der Waals surface area contributed by atoms with Crippen LogP contribution in [0.1, 0.15) is 57.8 Å². The lowest BCUT2D eigenvalue weighted by molar-refractivity contribution is -0.224. The number of amides is 3. The van der Waals surface area contributed by atoms with E-state index in [1.165, 1.54) is 0 Å². The molecule has 3 heterocycles. The number of hydroxylamine groups is 2. The molecule has 0 spiro atoms. The summed E-state index contributed by atoms with van der Waals surface area (Å²) in [4.78, 5) is 40.2. The molecule has 9 nitrogen and oxygen atoms in total. The first kappa shape index (κ1) is 24.3. The zero-order chi connectivity index (χ0) is 22.1. The minimum Gasteiger partial charge on any atom is -0.376 e. The molecule has 0 saturated carbocycles. The van der Waals surface area contributed by atoms with Crippen molar-refractivity contribution >= 4 is 30.0 Å². The first-order valence-corrected chi connectivity index (χ1v) is 12.6. The Hall–Kier alpha value is -1.36. The molecule has 3 rings (SSSR count). The number of thioether (sulfide) groups is 1. The molecule has 31 heavy (non-hydrogen) atoms. The van der Waals surface area contributed by atoms with Crippen LogP contribution in [0.25, 0.3) is 0 Å². The van der Waals surface area contributed by atoms with Crippen molar-refractivity contribution in [1.29, 1.82) is 0 Å². The van der Waals surface area contributed by atoms with Crippen LogP contribution >= 0.6 is 11.8 Å². The molecule has 3 aliphatic rings. The molecular weight excluding hydrogens is 420 g/mol. The van der Waals surface area contributed by atoms with Crippen molar-refractivity contribution in [2.75, 3.05) is 25.4 Å². The van der Waals surface area contributed by atoms with Gasteiger partial charge in [0, 0.05) is 36.4 Å². The summed E-state index contributed by atoms with van der Waals surface area (Å²) in [5.74, 6) is 0.855. The lowest BCUT2D eigenvalue weighted by atomic mass is 10.0. The summed E-state index contributed by atoms with van der Waals surface area (Å²) in [6.07, 6.45) is 7.75. The Morgan fingerprint density at radius 2 is 2.19 bits per heavy atom. The van der Waals surface area contributed by atoms with E-state index in [0.29, 0.717) is 37.8 Å². The molecule has 3 saturated heterocycles. The Bertz CT molecular complexity index is 610. The summed E-state index contributed by atoms with van der Waals surface area (Å²) in [5, 5.41) is 20.6. The van der Waals surface area contributed by atoms with E-state index in [0.717, 1.165) is 57.0 Å². The lowest BCUT2D eigenvalue weighted by Crippen LogP contribution is -2.36. The fourth-order valence-electron chi connectivity index (χ4n) is 4.38. The molecule has 5 atom stereocenters. The fraction of sp³-hybridized carbons (Fsp3) is 0.857. The fourth-order valence-corrected chi connectivity index (χ4v) is 5.92. The Morgan fingerprint density at radius 1 is 1.32 bits per heavy atom. The number of aliphatic hydroxyl groups excluding tert-OH is 1. The first-order valence-electron chi connectivity index (χ1n) is 11.5. The third-order valence-corrected chi connectivity index (χ3v) is 7.73.